The van der Waals surface area contributed by atoms with Crippen LogP contribution in [0.3, 0.4) is 0 Å². The van der Waals surface area contributed by atoms with Crippen LogP contribution in [0.2, 0.25) is 0 Å². The maximum absolute atomic E-state index is 12.0. The van der Waals surface area contributed by atoms with Crippen LogP contribution in [0.5, 0.6) is 0 Å². The minimum absolute atomic E-state index is 0.232. The molecule has 0 fully saturated rings. The highest BCUT2D eigenvalue weighted by molar-refractivity contribution is 7.16. The first-order valence-electron chi connectivity index (χ1n) is 5.66. The third-order valence-corrected chi connectivity index (χ3v) is 3.59. The SMILES string of the molecule is COC(=O)c1ccc(C(=O)Nc2ccc(C)cc2)s1. The van der Waals surface area contributed by atoms with Crippen LogP contribution in [0, 0.1) is 6.92 Å². The van der Waals surface area contributed by atoms with E-state index in [9.17, 15) is 9.59 Å². The van der Waals surface area contributed by atoms with E-state index in [0.29, 0.717) is 9.75 Å². The molecule has 1 heterocycles. The van der Waals surface area contributed by atoms with Gasteiger partial charge in [0.25, 0.3) is 5.91 Å². The summed E-state index contributed by atoms with van der Waals surface area (Å²) in [5, 5.41) is 2.78. The summed E-state index contributed by atoms with van der Waals surface area (Å²) in [5.41, 5.74) is 1.85. The molecule has 5 heteroatoms. The Labute approximate surface area is 115 Å². The van der Waals surface area contributed by atoms with Crippen molar-refractivity contribution >= 4 is 28.9 Å². The number of amides is 1. The first-order chi connectivity index (χ1) is 9.10. The maximum atomic E-state index is 12.0. The molecule has 19 heavy (non-hydrogen) atoms. The van der Waals surface area contributed by atoms with E-state index in [-0.39, 0.29) is 5.91 Å². The summed E-state index contributed by atoms with van der Waals surface area (Å²) in [4.78, 5) is 24.2. The summed E-state index contributed by atoms with van der Waals surface area (Å²) >= 11 is 1.11. The van der Waals surface area contributed by atoms with E-state index in [1.807, 2.05) is 31.2 Å². The summed E-state index contributed by atoms with van der Waals surface area (Å²) < 4.78 is 4.60. The summed E-state index contributed by atoms with van der Waals surface area (Å²) in [6.07, 6.45) is 0. The lowest BCUT2D eigenvalue weighted by Crippen LogP contribution is -2.09. The van der Waals surface area contributed by atoms with Gasteiger partial charge in [-0.3, -0.25) is 4.79 Å². The van der Waals surface area contributed by atoms with Gasteiger partial charge in [0.15, 0.2) is 0 Å². The highest BCUT2D eigenvalue weighted by atomic mass is 32.1. The van der Waals surface area contributed by atoms with E-state index in [1.54, 1.807) is 12.1 Å². The van der Waals surface area contributed by atoms with Crippen molar-refractivity contribution in [3.63, 3.8) is 0 Å². The number of methoxy groups -OCH3 is 1. The maximum Gasteiger partial charge on any atom is 0.348 e. The second-order valence-electron chi connectivity index (χ2n) is 3.98. The molecule has 0 saturated carbocycles. The second-order valence-corrected chi connectivity index (χ2v) is 5.06. The average molecular weight is 275 g/mol. The van der Waals surface area contributed by atoms with Crippen molar-refractivity contribution in [1.29, 1.82) is 0 Å². The van der Waals surface area contributed by atoms with Crippen LogP contribution in [-0.4, -0.2) is 19.0 Å². The predicted octanol–water partition coefficient (Wildman–Crippen LogP) is 3.10. The highest BCUT2D eigenvalue weighted by Crippen LogP contribution is 2.19. The topological polar surface area (TPSA) is 55.4 Å². The molecule has 0 aliphatic heterocycles. The van der Waals surface area contributed by atoms with Gasteiger partial charge in [0, 0.05) is 5.69 Å². The zero-order chi connectivity index (χ0) is 13.8. The van der Waals surface area contributed by atoms with E-state index in [1.165, 1.54) is 7.11 Å². The number of nitrogens with one attached hydrogen (secondary N) is 1. The van der Waals surface area contributed by atoms with E-state index < -0.39 is 5.97 Å². The van der Waals surface area contributed by atoms with E-state index in [2.05, 4.69) is 10.1 Å². The number of rotatable bonds is 3. The number of carbonyl (C=O) groups excluding carboxylic acids is 2. The Morgan fingerprint density at radius 2 is 1.68 bits per heavy atom. The number of esters is 1. The molecule has 1 amide bonds. The Morgan fingerprint density at radius 3 is 2.32 bits per heavy atom. The Hall–Kier alpha value is -2.14. The fraction of sp³-hybridized carbons (Fsp3) is 0.143. The number of hydrogen-bond donors (Lipinski definition) is 1. The van der Waals surface area contributed by atoms with E-state index in [4.69, 9.17) is 0 Å². The number of thiophene rings is 1. The van der Waals surface area contributed by atoms with Gasteiger partial charge in [-0.25, -0.2) is 4.79 Å². The largest absolute Gasteiger partial charge is 0.465 e. The monoisotopic (exact) mass is 275 g/mol. The summed E-state index contributed by atoms with van der Waals surface area (Å²) in [5.74, 6) is -0.664. The lowest BCUT2D eigenvalue weighted by molar-refractivity contribution is 0.0606. The van der Waals surface area contributed by atoms with Crippen LogP contribution >= 0.6 is 11.3 Å². The molecular weight excluding hydrogens is 262 g/mol. The molecule has 1 aromatic heterocycles. The third-order valence-electron chi connectivity index (χ3n) is 2.53. The first kappa shape index (κ1) is 13.3. The van der Waals surface area contributed by atoms with Gasteiger partial charge in [0.1, 0.15) is 4.88 Å². The van der Waals surface area contributed by atoms with Gasteiger partial charge in [0.2, 0.25) is 0 Å². The molecule has 1 aromatic carbocycles. The summed E-state index contributed by atoms with van der Waals surface area (Å²) in [6.45, 7) is 1.98. The number of aryl methyl sites for hydroxylation is 1. The van der Waals surface area contributed by atoms with Crippen molar-refractivity contribution < 1.29 is 14.3 Å². The molecule has 2 aromatic rings. The molecule has 0 unspecified atom stereocenters. The number of ether oxygens (including phenoxy) is 1. The zero-order valence-electron chi connectivity index (χ0n) is 10.6. The Balaban J connectivity index is 2.09. The average Bonchev–Trinajstić information content (AvgIpc) is 2.90. The fourth-order valence-electron chi connectivity index (χ4n) is 1.50. The highest BCUT2D eigenvalue weighted by Gasteiger charge is 2.13. The van der Waals surface area contributed by atoms with Gasteiger partial charge in [0.05, 0.1) is 12.0 Å². The fourth-order valence-corrected chi connectivity index (χ4v) is 2.32. The van der Waals surface area contributed by atoms with Crippen LogP contribution in [0.15, 0.2) is 36.4 Å². The minimum atomic E-state index is -0.431. The predicted molar refractivity (Wildman–Crippen MR) is 74.8 cm³/mol. The van der Waals surface area contributed by atoms with Crippen molar-refractivity contribution in [3.8, 4) is 0 Å². The van der Waals surface area contributed by atoms with E-state index >= 15 is 0 Å². The van der Waals surface area contributed by atoms with Gasteiger partial charge in [-0.15, -0.1) is 11.3 Å². The summed E-state index contributed by atoms with van der Waals surface area (Å²) in [6, 6.07) is 10.7. The number of benzene rings is 1. The Morgan fingerprint density at radius 1 is 1.05 bits per heavy atom. The lowest BCUT2D eigenvalue weighted by Gasteiger charge is -2.03. The van der Waals surface area contributed by atoms with Gasteiger partial charge in [-0.05, 0) is 31.2 Å². The van der Waals surface area contributed by atoms with Gasteiger partial charge in [-0.1, -0.05) is 17.7 Å². The molecule has 2 rings (SSSR count). The van der Waals surface area contributed by atoms with Crippen molar-refractivity contribution in [3.05, 3.63) is 51.7 Å². The Bertz CT molecular complexity index is 601. The minimum Gasteiger partial charge on any atom is -0.465 e. The second kappa shape index (κ2) is 5.67. The number of hydrogen-bond acceptors (Lipinski definition) is 4. The van der Waals surface area contributed by atoms with Crippen molar-refractivity contribution in [1.82, 2.24) is 0 Å². The standard InChI is InChI=1S/C14H13NO3S/c1-9-3-5-10(6-4-9)15-13(16)11-7-8-12(19-11)14(17)18-2/h3-8H,1-2H3,(H,15,16). The van der Waals surface area contributed by atoms with Crippen molar-refractivity contribution in [2.24, 2.45) is 0 Å². The molecule has 0 bridgehead atoms. The molecule has 98 valence electrons. The molecule has 0 aliphatic rings. The smallest absolute Gasteiger partial charge is 0.348 e. The molecule has 0 aliphatic carbocycles. The van der Waals surface area contributed by atoms with Gasteiger partial charge < -0.3 is 10.1 Å². The van der Waals surface area contributed by atoms with E-state index in [0.717, 1.165) is 22.6 Å². The van der Waals surface area contributed by atoms with Gasteiger partial charge >= 0.3 is 5.97 Å². The number of carbonyl (C=O) groups is 2. The first-order valence-corrected chi connectivity index (χ1v) is 6.48. The Kier molecular flexibility index (Phi) is 3.97. The van der Waals surface area contributed by atoms with Crippen LogP contribution in [0.25, 0.3) is 0 Å². The number of anilines is 1. The molecule has 0 radical (unpaired) electrons. The molecule has 4 nitrogen and oxygen atoms in total. The zero-order valence-corrected chi connectivity index (χ0v) is 11.4. The van der Waals surface area contributed by atoms with Crippen molar-refractivity contribution in [2.45, 2.75) is 6.92 Å². The summed E-state index contributed by atoms with van der Waals surface area (Å²) in [7, 11) is 1.31. The quantitative estimate of drug-likeness (QED) is 0.876. The molecule has 1 N–H and O–H groups in total. The van der Waals surface area contributed by atoms with Crippen LogP contribution in [0.4, 0.5) is 5.69 Å². The molecule has 0 spiro atoms. The lowest BCUT2D eigenvalue weighted by atomic mass is 10.2. The van der Waals surface area contributed by atoms with Crippen molar-refractivity contribution in [2.75, 3.05) is 12.4 Å². The molecular formula is C14H13NO3S. The molecule has 0 atom stereocenters. The third kappa shape index (κ3) is 3.20. The molecule has 0 saturated heterocycles. The van der Waals surface area contributed by atoms with Crippen LogP contribution in [-0.2, 0) is 4.74 Å². The van der Waals surface area contributed by atoms with Crippen LogP contribution < -0.4 is 5.32 Å². The normalized spacial score (nSPS) is 10.0. The van der Waals surface area contributed by atoms with Gasteiger partial charge in [-0.2, -0.15) is 0 Å². The van der Waals surface area contributed by atoms with Crippen LogP contribution in [0.1, 0.15) is 24.9 Å².